The Morgan fingerprint density at radius 1 is 0.862 bits per heavy atom. The molecule has 0 heterocycles. The van der Waals surface area contributed by atoms with E-state index in [-0.39, 0.29) is 22.6 Å². The quantitative estimate of drug-likeness (QED) is 0.602. The molecule has 0 aliphatic heterocycles. The maximum absolute atomic E-state index is 13.2. The minimum absolute atomic E-state index is 0.0254. The molecule has 0 spiro atoms. The van der Waals surface area contributed by atoms with Crippen molar-refractivity contribution in [1.82, 2.24) is 0 Å². The third kappa shape index (κ3) is 4.86. The summed E-state index contributed by atoms with van der Waals surface area (Å²) in [5.74, 6) is -2.94. The number of benzene rings is 3. The van der Waals surface area contributed by atoms with Gasteiger partial charge in [0.2, 0.25) is 0 Å². The van der Waals surface area contributed by atoms with Crippen LogP contribution in [0.5, 0.6) is 11.5 Å². The van der Waals surface area contributed by atoms with Crippen molar-refractivity contribution in [3.8, 4) is 11.5 Å². The highest BCUT2D eigenvalue weighted by molar-refractivity contribution is 6.08. The van der Waals surface area contributed by atoms with Crippen molar-refractivity contribution in [2.24, 2.45) is 0 Å². The first kappa shape index (κ1) is 19.8. The number of carbonyl (C=O) groups excluding carboxylic acids is 2. The zero-order valence-electron chi connectivity index (χ0n) is 15.2. The maximum atomic E-state index is 13.2. The molecule has 0 atom stereocenters. The van der Waals surface area contributed by atoms with Gasteiger partial charge in [0.05, 0.1) is 12.7 Å². The van der Waals surface area contributed by atoms with Gasteiger partial charge in [0.1, 0.15) is 23.1 Å². The molecule has 29 heavy (non-hydrogen) atoms. The molecule has 0 bridgehead atoms. The lowest BCUT2D eigenvalue weighted by Crippen LogP contribution is -2.14. The van der Waals surface area contributed by atoms with Crippen LogP contribution in [0.15, 0.2) is 60.7 Å². The molecule has 0 unspecified atom stereocenters. The Morgan fingerprint density at radius 2 is 1.52 bits per heavy atom. The summed E-state index contributed by atoms with van der Waals surface area (Å²) in [6.07, 6.45) is 0. The SMILES string of the molecule is COc1cccc(NC(=O)c2ccc(NC(=O)c3cc(F)cc(F)c3)cc2O)c1. The summed E-state index contributed by atoms with van der Waals surface area (Å²) in [4.78, 5) is 24.5. The van der Waals surface area contributed by atoms with Gasteiger partial charge in [0.15, 0.2) is 0 Å². The first-order valence-electron chi connectivity index (χ1n) is 8.41. The average molecular weight is 398 g/mol. The van der Waals surface area contributed by atoms with Crippen molar-refractivity contribution in [2.75, 3.05) is 17.7 Å². The third-order valence-corrected chi connectivity index (χ3v) is 3.95. The molecule has 3 aromatic carbocycles. The molecule has 3 aromatic rings. The van der Waals surface area contributed by atoms with Gasteiger partial charge in [-0.15, -0.1) is 0 Å². The summed E-state index contributed by atoms with van der Waals surface area (Å²) < 4.78 is 31.6. The molecule has 0 aliphatic carbocycles. The van der Waals surface area contributed by atoms with Crippen LogP contribution in [0.1, 0.15) is 20.7 Å². The zero-order chi connectivity index (χ0) is 21.0. The lowest BCUT2D eigenvalue weighted by molar-refractivity contribution is 0.101. The molecule has 0 aromatic heterocycles. The summed E-state index contributed by atoms with van der Waals surface area (Å²) in [6.45, 7) is 0. The molecular weight excluding hydrogens is 382 g/mol. The van der Waals surface area contributed by atoms with Gasteiger partial charge in [-0.1, -0.05) is 6.07 Å². The van der Waals surface area contributed by atoms with Crippen LogP contribution in [-0.2, 0) is 0 Å². The molecule has 3 N–H and O–H groups in total. The van der Waals surface area contributed by atoms with E-state index in [1.165, 1.54) is 19.2 Å². The highest BCUT2D eigenvalue weighted by Crippen LogP contribution is 2.25. The number of nitrogens with one attached hydrogen (secondary N) is 2. The summed E-state index contributed by atoms with van der Waals surface area (Å²) >= 11 is 0. The Morgan fingerprint density at radius 3 is 2.17 bits per heavy atom. The number of amides is 2. The first-order chi connectivity index (χ1) is 13.9. The monoisotopic (exact) mass is 398 g/mol. The van der Waals surface area contributed by atoms with E-state index in [1.807, 2.05) is 0 Å². The van der Waals surface area contributed by atoms with Gasteiger partial charge in [0, 0.05) is 35.1 Å². The molecule has 0 fully saturated rings. The second-order valence-corrected chi connectivity index (χ2v) is 6.03. The summed E-state index contributed by atoms with van der Waals surface area (Å²) in [6, 6.07) is 13.0. The van der Waals surface area contributed by atoms with E-state index in [1.54, 1.807) is 24.3 Å². The van der Waals surface area contributed by atoms with Gasteiger partial charge in [-0.3, -0.25) is 9.59 Å². The Balaban J connectivity index is 1.73. The lowest BCUT2D eigenvalue weighted by atomic mass is 10.1. The smallest absolute Gasteiger partial charge is 0.259 e. The van der Waals surface area contributed by atoms with Crippen molar-refractivity contribution in [1.29, 1.82) is 0 Å². The largest absolute Gasteiger partial charge is 0.507 e. The zero-order valence-corrected chi connectivity index (χ0v) is 15.2. The van der Waals surface area contributed by atoms with Crippen molar-refractivity contribution >= 4 is 23.2 Å². The van der Waals surface area contributed by atoms with Gasteiger partial charge in [-0.2, -0.15) is 0 Å². The molecule has 0 saturated heterocycles. The number of anilines is 2. The van der Waals surface area contributed by atoms with Crippen LogP contribution in [-0.4, -0.2) is 24.0 Å². The number of carbonyl (C=O) groups is 2. The number of halogens is 2. The molecule has 6 nitrogen and oxygen atoms in total. The fraction of sp³-hybridized carbons (Fsp3) is 0.0476. The summed E-state index contributed by atoms with van der Waals surface area (Å²) in [5.41, 5.74) is 0.374. The Labute approximate surface area is 164 Å². The number of methoxy groups -OCH3 is 1. The second-order valence-electron chi connectivity index (χ2n) is 6.03. The molecule has 8 heteroatoms. The Kier molecular flexibility index (Phi) is 5.73. The van der Waals surface area contributed by atoms with Crippen molar-refractivity contribution < 1.29 is 28.2 Å². The van der Waals surface area contributed by atoms with E-state index in [0.717, 1.165) is 18.2 Å². The lowest BCUT2D eigenvalue weighted by Gasteiger charge is -2.10. The van der Waals surface area contributed by atoms with Crippen LogP contribution >= 0.6 is 0 Å². The Bertz CT molecular complexity index is 1070. The molecule has 0 aliphatic rings. The van der Waals surface area contributed by atoms with Crippen molar-refractivity contribution in [2.45, 2.75) is 0 Å². The van der Waals surface area contributed by atoms with Gasteiger partial charge >= 0.3 is 0 Å². The van der Waals surface area contributed by atoms with E-state index in [9.17, 15) is 23.5 Å². The topological polar surface area (TPSA) is 87.7 Å². The molecular formula is C21H16F2N2O4. The first-order valence-corrected chi connectivity index (χ1v) is 8.41. The van der Waals surface area contributed by atoms with Crippen LogP contribution in [0.25, 0.3) is 0 Å². The van der Waals surface area contributed by atoms with Crippen LogP contribution < -0.4 is 15.4 Å². The number of phenols is 1. The normalized spacial score (nSPS) is 10.3. The summed E-state index contributed by atoms with van der Waals surface area (Å²) in [7, 11) is 1.50. The van der Waals surface area contributed by atoms with Crippen LogP contribution in [0.3, 0.4) is 0 Å². The highest BCUT2D eigenvalue weighted by atomic mass is 19.1. The van der Waals surface area contributed by atoms with E-state index in [4.69, 9.17) is 4.74 Å². The number of hydrogen-bond donors (Lipinski definition) is 3. The van der Waals surface area contributed by atoms with Crippen LogP contribution in [0, 0.1) is 11.6 Å². The van der Waals surface area contributed by atoms with Crippen LogP contribution in [0.4, 0.5) is 20.2 Å². The molecule has 0 radical (unpaired) electrons. The van der Waals surface area contributed by atoms with Gasteiger partial charge < -0.3 is 20.5 Å². The van der Waals surface area contributed by atoms with Gasteiger partial charge in [-0.05, 0) is 36.4 Å². The third-order valence-electron chi connectivity index (χ3n) is 3.95. The fourth-order valence-corrected chi connectivity index (χ4v) is 2.59. The van der Waals surface area contributed by atoms with Crippen molar-refractivity contribution in [3.05, 3.63) is 83.4 Å². The number of hydrogen-bond acceptors (Lipinski definition) is 4. The number of aromatic hydroxyl groups is 1. The predicted octanol–water partition coefficient (Wildman–Crippen LogP) is 4.18. The summed E-state index contributed by atoms with van der Waals surface area (Å²) in [5, 5.41) is 15.2. The molecule has 2 amide bonds. The average Bonchev–Trinajstić information content (AvgIpc) is 2.67. The van der Waals surface area contributed by atoms with Crippen molar-refractivity contribution in [3.63, 3.8) is 0 Å². The fourth-order valence-electron chi connectivity index (χ4n) is 2.59. The number of ether oxygens (including phenoxy) is 1. The second kappa shape index (κ2) is 8.39. The van der Waals surface area contributed by atoms with Gasteiger partial charge in [-0.25, -0.2) is 8.78 Å². The van der Waals surface area contributed by atoms with Gasteiger partial charge in [0.25, 0.3) is 11.8 Å². The Hall–Kier alpha value is -3.94. The number of phenolic OH excluding ortho intramolecular Hbond substituents is 1. The minimum Gasteiger partial charge on any atom is -0.507 e. The molecule has 148 valence electrons. The van der Waals surface area contributed by atoms with E-state index < -0.39 is 23.4 Å². The number of rotatable bonds is 5. The standard InChI is InChI=1S/C21H16F2N2O4/c1-29-17-4-2-3-15(10-17)25-21(28)18-6-5-16(11-19(18)26)24-20(27)12-7-13(22)9-14(23)8-12/h2-11,26H,1H3,(H,24,27)(H,25,28). The van der Waals surface area contributed by atoms with E-state index in [2.05, 4.69) is 10.6 Å². The van der Waals surface area contributed by atoms with E-state index >= 15 is 0 Å². The van der Waals surface area contributed by atoms with Crippen LogP contribution in [0.2, 0.25) is 0 Å². The molecule has 3 rings (SSSR count). The highest BCUT2D eigenvalue weighted by Gasteiger charge is 2.14. The molecule has 0 saturated carbocycles. The minimum atomic E-state index is -0.887. The maximum Gasteiger partial charge on any atom is 0.259 e. The predicted molar refractivity (Wildman–Crippen MR) is 103 cm³/mol. The van der Waals surface area contributed by atoms with E-state index in [0.29, 0.717) is 17.5 Å².